The summed E-state index contributed by atoms with van der Waals surface area (Å²) in [6.45, 7) is 0.764. The first-order valence-corrected chi connectivity index (χ1v) is 5.28. The third kappa shape index (κ3) is 2.51. The predicted molar refractivity (Wildman–Crippen MR) is 68.2 cm³/mol. The average Bonchev–Trinajstić information content (AvgIpc) is 2.30. The first-order chi connectivity index (χ1) is 8.20. The van der Waals surface area contributed by atoms with Crippen molar-refractivity contribution in [3.8, 4) is 0 Å². The number of aromatic nitrogens is 2. The second-order valence-electron chi connectivity index (χ2n) is 3.67. The second-order valence-corrected chi connectivity index (χ2v) is 3.67. The molecule has 5 heteroatoms. The Morgan fingerprint density at radius 1 is 1.29 bits per heavy atom. The van der Waals surface area contributed by atoms with Gasteiger partial charge in [0.2, 0.25) is 0 Å². The summed E-state index contributed by atoms with van der Waals surface area (Å²) in [6.07, 6.45) is 3.88. The average molecular weight is 231 g/mol. The van der Waals surface area contributed by atoms with Crippen LogP contribution in [0.2, 0.25) is 0 Å². The van der Waals surface area contributed by atoms with E-state index in [1.807, 2.05) is 25.3 Å². The lowest BCUT2D eigenvalue weighted by atomic mass is 10.1. The number of hydrogen-bond donors (Lipinski definition) is 3. The van der Waals surface area contributed by atoms with Crippen molar-refractivity contribution in [3.63, 3.8) is 0 Å². The Bertz CT molecular complexity index is 667. The topological polar surface area (TPSA) is 77.8 Å². The Labute approximate surface area is 97.2 Å². The lowest BCUT2D eigenvalue weighted by Gasteiger charge is -1.98. The molecule has 2 aromatic rings. The molecule has 0 saturated heterocycles. The summed E-state index contributed by atoms with van der Waals surface area (Å²) in [7, 11) is 1.86. The number of nitrogens with one attached hydrogen (secondary N) is 3. The zero-order valence-corrected chi connectivity index (χ0v) is 9.41. The molecular formula is C12H13N3O2. The van der Waals surface area contributed by atoms with Crippen LogP contribution in [0, 0.1) is 0 Å². The summed E-state index contributed by atoms with van der Waals surface area (Å²) in [6, 6.07) is 5.32. The van der Waals surface area contributed by atoms with Crippen LogP contribution in [0.4, 0.5) is 0 Å². The van der Waals surface area contributed by atoms with Crippen molar-refractivity contribution in [2.75, 3.05) is 13.6 Å². The van der Waals surface area contributed by atoms with Crippen LogP contribution in [0.15, 0.2) is 33.9 Å². The van der Waals surface area contributed by atoms with Crippen molar-refractivity contribution < 1.29 is 0 Å². The van der Waals surface area contributed by atoms with E-state index in [1.54, 1.807) is 12.1 Å². The van der Waals surface area contributed by atoms with Crippen LogP contribution < -0.4 is 16.6 Å². The fourth-order valence-corrected chi connectivity index (χ4v) is 1.60. The van der Waals surface area contributed by atoms with Crippen LogP contribution in [-0.4, -0.2) is 23.6 Å². The Kier molecular flexibility index (Phi) is 3.20. The number of aromatic amines is 2. The van der Waals surface area contributed by atoms with Crippen LogP contribution in [0.3, 0.4) is 0 Å². The highest BCUT2D eigenvalue weighted by molar-refractivity contribution is 5.80. The maximum absolute atomic E-state index is 11.6. The van der Waals surface area contributed by atoms with E-state index in [0.717, 1.165) is 12.1 Å². The minimum absolute atomic E-state index is 0.368. The van der Waals surface area contributed by atoms with Crippen molar-refractivity contribution in [2.24, 2.45) is 0 Å². The zero-order valence-electron chi connectivity index (χ0n) is 9.41. The molecule has 0 saturated carbocycles. The van der Waals surface area contributed by atoms with E-state index >= 15 is 0 Å². The van der Waals surface area contributed by atoms with Crippen molar-refractivity contribution in [2.45, 2.75) is 0 Å². The molecule has 3 N–H and O–H groups in total. The molecule has 88 valence electrons. The highest BCUT2D eigenvalue weighted by Crippen LogP contribution is 2.09. The van der Waals surface area contributed by atoms with Gasteiger partial charge < -0.3 is 10.3 Å². The van der Waals surface area contributed by atoms with Gasteiger partial charge in [0.15, 0.2) is 0 Å². The summed E-state index contributed by atoms with van der Waals surface area (Å²) in [5.74, 6) is 0. The highest BCUT2D eigenvalue weighted by atomic mass is 16.2. The van der Waals surface area contributed by atoms with Gasteiger partial charge in [-0.25, -0.2) is 4.79 Å². The van der Waals surface area contributed by atoms with Crippen LogP contribution in [0.25, 0.3) is 17.0 Å². The summed E-state index contributed by atoms with van der Waals surface area (Å²) in [5.41, 5.74) is 0.614. The standard InChI is InChI=1S/C12H13N3O2/c1-13-6-2-3-8-4-5-10-9(7-8)11(16)15-12(17)14-10/h2-5,7,13H,6H2,1H3,(H2,14,15,16,17). The van der Waals surface area contributed by atoms with Gasteiger partial charge in [-0.05, 0) is 24.7 Å². The van der Waals surface area contributed by atoms with Crippen molar-refractivity contribution >= 4 is 17.0 Å². The predicted octanol–water partition coefficient (Wildman–Crippen LogP) is 0.449. The number of likely N-dealkylation sites (N-methyl/N-ethyl adjacent to an activating group) is 1. The molecule has 0 radical (unpaired) electrons. The third-order valence-corrected chi connectivity index (χ3v) is 2.40. The normalized spacial score (nSPS) is 11.4. The fourth-order valence-electron chi connectivity index (χ4n) is 1.60. The minimum Gasteiger partial charge on any atom is -0.316 e. The first kappa shape index (κ1) is 11.3. The van der Waals surface area contributed by atoms with Gasteiger partial charge in [-0.3, -0.25) is 9.78 Å². The molecule has 0 amide bonds. The molecule has 0 aliphatic carbocycles. The molecule has 1 aromatic carbocycles. The lowest BCUT2D eigenvalue weighted by molar-refractivity contribution is 0.922. The number of rotatable bonds is 3. The summed E-state index contributed by atoms with van der Waals surface area (Å²) in [4.78, 5) is 27.4. The highest BCUT2D eigenvalue weighted by Gasteiger charge is 2.00. The zero-order chi connectivity index (χ0) is 12.3. The number of H-pyrrole nitrogens is 2. The van der Waals surface area contributed by atoms with Gasteiger partial charge in [-0.1, -0.05) is 18.2 Å². The molecule has 5 nitrogen and oxygen atoms in total. The van der Waals surface area contributed by atoms with Crippen LogP contribution >= 0.6 is 0 Å². The maximum atomic E-state index is 11.6. The maximum Gasteiger partial charge on any atom is 0.326 e. The Hall–Kier alpha value is -2.14. The molecular weight excluding hydrogens is 218 g/mol. The van der Waals surface area contributed by atoms with Gasteiger partial charge in [0.05, 0.1) is 10.9 Å². The van der Waals surface area contributed by atoms with Crippen molar-refractivity contribution in [3.05, 3.63) is 50.7 Å². The Morgan fingerprint density at radius 3 is 2.88 bits per heavy atom. The summed E-state index contributed by atoms with van der Waals surface area (Å²) in [5, 5.41) is 3.47. The number of hydrogen-bond acceptors (Lipinski definition) is 3. The van der Waals surface area contributed by atoms with E-state index in [4.69, 9.17) is 0 Å². The fraction of sp³-hybridized carbons (Fsp3) is 0.167. The van der Waals surface area contributed by atoms with E-state index < -0.39 is 5.69 Å². The van der Waals surface area contributed by atoms with E-state index in [1.165, 1.54) is 0 Å². The SMILES string of the molecule is CNCC=Cc1ccc2[nH]c(=O)[nH]c(=O)c2c1. The van der Waals surface area contributed by atoms with E-state index in [9.17, 15) is 9.59 Å². The molecule has 0 atom stereocenters. The van der Waals surface area contributed by atoms with E-state index in [0.29, 0.717) is 10.9 Å². The molecule has 1 heterocycles. The molecule has 0 unspecified atom stereocenters. The molecule has 0 aliphatic heterocycles. The molecule has 17 heavy (non-hydrogen) atoms. The van der Waals surface area contributed by atoms with Crippen molar-refractivity contribution in [1.82, 2.24) is 15.3 Å². The van der Waals surface area contributed by atoms with Gasteiger partial charge in [0.25, 0.3) is 5.56 Å². The van der Waals surface area contributed by atoms with Gasteiger partial charge >= 0.3 is 5.69 Å². The second kappa shape index (κ2) is 4.80. The van der Waals surface area contributed by atoms with E-state index in [2.05, 4.69) is 15.3 Å². The monoisotopic (exact) mass is 231 g/mol. The largest absolute Gasteiger partial charge is 0.326 e. The van der Waals surface area contributed by atoms with Crippen LogP contribution in [-0.2, 0) is 0 Å². The number of fused-ring (bicyclic) bond motifs is 1. The van der Waals surface area contributed by atoms with Gasteiger partial charge in [-0.2, -0.15) is 0 Å². The molecule has 0 bridgehead atoms. The molecule has 2 rings (SSSR count). The Balaban J connectivity index is 2.51. The molecule has 1 aromatic heterocycles. The third-order valence-electron chi connectivity index (χ3n) is 2.40. The minimum atomic E-state index is -0.485. The quantitative estimate of drug-likeness (QED) is 0.717. The molecule has 0 aliphatic rings. The first-order valence-electron chi connectivity index (χ1n) is 5.28. The Morgan fingerprint density at radius 2 is 2.12 bits per heavy atom. The lowest BCUT2D eigenvalue weighted by Crippen LogP contribution is -2.21. The summed E-state index contributed by atoms with van der Waals surface area (Å²) < 4.78 is 0. The van der Waals surface area contributed by atoms with Gasteiger partial charge in [-0.15, -0.1) is 0 Å². The van der Waals surface area contributed by atoms with Crippen LogP contribution in [0.1, 0.15) is 5.56 Å². The molecule has 0 spiro atoms. The van der Waals surface area contributed by atoms with Gasteiger partial charge in [0, 0.05) is 6.54 Å². The summed E-state index contributed by atoms with van der Waals surface area (Å²) >= 11 is 0. The van der Waals surface area contributed by atoms with E-state index in [-0.39, 0.29) is 5.56 Å². The molecule has 0 fully saturated rings. The number of benzene rings is 1. The smallest absolute Gasteiger partial charge is 0.316 e. The van der Waals surface area contributed by atoms with Gasteiger partial charge in [0.1, 0.15) is 0 Å². The van der Waals surface area contributed by atoms with Crippen LogP contribution in [0.5, 0.6) is 0 Å². The van der Waals surface area contributed by atoms with Crippen molar-refractivity contribution in [1.29, 1.82) is 0 Å².